The molecule has 96 valence electrons. The predicted molar refractivity (Wildman–Crippen MR) is 69.7 cm³/mol. The highest BCUT2D eigenvalue weighted by Crippen LogP contribution is 2.23. The van der Waals surface area contributed by atoms with Crippen LogP contribution < -0.4 is 10.1 Å². The van der Waals surface area contributed by atoms with Crippen LogP contribution >= 0.6 is 11.6 Å². The first-order valence-electron chi connectivity index (χ1n) is 5.53. The molecule has 1 heterocycles. The molecule has 1 aromatic carbocycles. The van der Waals surface area contributed by atoms with Gasteiger partial charge < -0.3 is 14.5 Å². The fraction of sp³-hybridized carbons (Fsp3) is 0.333. The van der Waals surface area contributed by atoms with Crippen molar-refractivity contribution in [3.8, 4) is 5.75 Å². The van der Waals surface area contributed by atoms with Gasteiger partial charge in [-0.05, 0) is 30.7 Å². The molecule has 0 unspecified atom stereocenters. The first-order valence-corrected chi connectivity index (χ1v) is 6.06. The highest BCUT2D eigenvalue weighted by molar-refractivity contribution is 6.17. The lowest BCUT2D eigenvalue weighted by molar-refractivity contribution is 0.412. The number of benzene rings is 1. The molecule has 1 N–H and O–H groups in total. The van der Waals surface area contributed by atoms with Crippen LogP contribution in [0.3, 0.4) is 0 Å². The number of aromatic nitrogens is 2. The summed E-state index contributed by atoms with van der Waals surface area (Å²) in [6.07, 6.45) is 0.567. The van der Waals surface area contributed by atoms with Crippen molar-refractivity contribution >= 4 is 23.3 Å². The van der Waals surface area contributed by atoms with E-state index in [1.807, 2.05) is 25.1 Å². The van der Waals surface area contributed by atoms with Crippen molar-refractivity contribution in [2.24, 2.45) is 0 Å². The second-order valence-corrected chi connectivity index (χ2v) is 4.13. The molecule has 0 amide bonds. The third-order valence-corrected chi connectivity index (χ3v) is 2.61. The van der Waals surface area contributed by atoms with Gasteiger partial charge >= 0.3 is 6.01 Å². The Labute approximate surface area is 110 Å². The van der Waals surface area contributed by atoms with Crippen molar-refractivity contribution in [3.63, 3.8) is 0 Å². The zero-order chi connectivity index (χ0) is 13.0. The zero-order valence-electron chi connectivity index (χ0n) is 10.2. The van der Waals surface area contributed by atoms with Crippen LogP contribution in [0, 0.1) is 6.92 Å². The number of hydrogen-bond donors (Lipinski definition) is 1. The Hall–Kier alpha value is -1.75. The van der Waals surface area contributed by atoms with E-state index in [1.54, 1.807) is 7.11 Å². The molecule has 0 atom stereocenters. The summed E-state index contributed by atoms with van der Waals surface area (Å²) >= 11 is 5.60. The van der Waals surface area contributed by atoms with Gasteiger partial charge in [-0.3, -0.25) is 0 Å². The standard InChI is InChI=1S/C12H14ClN3O2/c1-8-7-9(3-4-10(8)17-2)14-12-16-15-11(18-12)5-6-13/h3-4,7H,5-6H2,1-2H3,(H,14,16). The molecule has 0 fully saturated rings. The molecule has 0 aliphatic heterocycles. The number of hydrogen-bond acceptors (Lipinski definition) is 5. The van der Waals surface area contributed by atoms with E-state index >= 15 is 0 Å². The van der Waals surface area contributed by atoms with Gasteiger partial charge in [0.05, 0.1) is 7.11 Å². The summed E-state index contributed by atoms with van der Waals surface area (Å²) in [5.41, 5.74) is 1.90. The van der Waals surface area contributed by atoms with E-state index in [0.717, 1.165) is 17.0 Å². The molecule has 6 heteroatoms. The van der Waals surface area contributed by atoms with E-state index in [4.69, 9.17) is 20.8 Å². The number of methoxy groups -OCH3 is 1. The summed E-state index contributed by atoms with van der Waals surface area (Å²) in [6, 6.07) is 6.08. The molecule has 2 rings (SSSR count). The highest BCUT2D eigenvalue weighted by atomic mass is 35.5. The molecule has 0 saturated heterocycles. The first-order chi connectivity index (χ1) is 8.72. The van der Waals surface area contributed by atoms with Gasteiger partial charge in [-0.25, -0.2) is 0 Å². The van der Waals surface area contributed by atoms with Crippen LogP contribution in [0.15, 0.2) is 22.6 Å². The van der Waals surface area contributed by atoms with Crippen molar-refractivity contribution < 1.29 is 9.15 Å². The van der Waals surface area contributed by atoms with Crippen LogP contribution in [0.4, 0.5) is 11.7 Å². The molecule has 2 aromatic rings. The van der Waals surface area contributed by atoms with Crippen LogP contribution in [0.5, 0.6) is 5.75 Å². The van der Waals surface area contributed by atoms with Crippen LogP contribution in [-0.2, 0) is 6.42 Å². The van der Waals surface area contributed by atoms with Gasteiger partial charge in [0.15, 0.2) is 0 Å². The Morgan fingerprint density at radius 3 is 2.89 bits per heavy atom. The van der Waals surface area contributed by atoms with Gasteiger partial charge in [0, 0.05) is 18.0 Å². The molecule has 18 heavy (non-hydrogen) atoms. The number of nitrogens with zero attached hydrogens (tertiary/aromatic N) is 2. The Bertz CT molecular complexity index is 528. The van der Waals surface area contributed by atoms with Crippen molar-refractivity contribution in [3.05, 3.63) is 29.7 Å². The molecule has 0 saturated carbocycles. The van der Waals surface area contributed by atoms with E-state index in [9.17, 15) is 0 Å². The highest BCUT2D eigenvalue weighted by Gasteiger charge is 2.06. The fourth-order valence-corrected chi connectivity index (χ4v) is 1.73. The van der Waals surface area contributed by atoms with Gasteiger partial charge in [0.25, 0.3) is 0 Å². The lowest BCUT2D eigenvalue weighted by atomic mass is 10.2. The SMILES string of the molecule is COc1ccc(Nc2nnc(CCCl)o2)cc1C. The molecular formula is C12H14ClN3O2. The maximum Gasteiger partial charge on any atom is 0.320 e. The van der Waals surface area contributed by atoms with E-state index in [0.29, 0.717) is 24.2 Å². The summed E-state index contributed by atoms with van der Waals surface area (Å²) in [6.45, 7) is 1.97. The van der Waals surface area contributed by atoms with Gasteiger partial charge in [0.2, 0.25) is 5.89 Å². The average Bonchev–Trinajstić information content (AvgIpc) is 2.77. The maximum absolute atomic E-state index is 5.60. The van der Waals surface area contributed by atoms with Gasteiger partial charge in [0.1, 0.15) is 5.75 Å². The minimum atomic E-state index is 0.361. The summed E-state index contributed by atoms with van der Waals surface area (Å²) in [7, 11) is 1.64. The Balaban J connectivity index is 2.10. The topological polar surface area (TPSA) is 60.2 Å². The zero-order valence-corrected chi connectivity index (χ0v) is 11.0. The number of ether oxygens (including phenoxy) is 1. The van der Waals surface area contributed by atoms with Crippen LogP contribution in [-0.4, -0.2) is 23.2 Å². The average molecular weight is 268 g/mol. The molecule has 0 spiro atoms. The third-order valence-electron chi connectivity index (χ3n) is 2.42. The molecule has 1 aromatic heterocycles. The lowest BCUT2D eigenvalue weighted by Gasteiger charge is -2.06. The van der Waals surface area contributed by atoms with E-state index < -0.39 is 0 Å². The largest absolute Gasteiger partial charge is 0.496 e. The fourth-order valence-electron chi connectivity index (χ4n) is 1.57. The minimum absolute atomic E-state index is 0.361. The van der Waals surface area contributed by atoms with Crippen LogP contribution in [0.2, 0.25) is 0 Å². The summed E-state index contributed by atoms with van der Waals surface area (Å²) < 4.78 is 10.6. The minimum Gasteiger partial charge on any atom is -0.496 e. The number of halogens is 1. The van der Waals surface area contributed by atoms with Crippen LogP contribution in [0.1, 0.15) is 11.5 Å². The normalized spacial score (nSPS) is 10.4. The van der Waals surface area contributed by atoms with Gasteiger partial charge in [-0.2, -0.15) is 0 Å². The van der Waals surface area contributed by atoms with Crippen molar-refractivity contribution in [2.75, 3.05) is 18.3 Å². The smallest absolute Gasteiger partial charge is 0.320 e. The Morgan fingerprint density at radius 2 is 2.22 bits per heavy atom. The molecule has 0 aliphatic rings. The Morgan fingerprint density at radius 1 is 1.39 bits per heavy atom. The predicted octanol–water partition coefficient (Wildman–Crippen LogP) is 2.91. The first kappa shape index (κ1) is 12.7. The quantitative estimate of drug-likeness (QED) is 0.844. The summed E-state index contributed by atoms with van der Waals surface area (Å²) in [5.74, 6) is 1.83. The third kappa shape index (κ3) is 2.92. The lowest BCUT2D eigenvalue weighted by Crippen LogP contribution is -1.93. The molecule has 0 bridgehead atoms. The molecule has 5 nitrogen and oxygen atoms in total. The van der Waals surface area contributed by atoms with E-state index in [2.05, 4.69) is 15.5 Å². The number of rotatable bonds is 5. The van der Waals surface area contributed by atoms with Crippen molar-refractivity contribution in [1.29, 1.82) is 0 Å². The maximum atomic E-state index is 5.60. The summed E-state index contributed by atoms with van der Waals surface area (Å²) in [4.78, 5) is 0. The van der Waals surface area contributed by atoms with E-state index in [-0.39, 0.29) is 0 Å². The molecule has 0 aliphatic carbocycles. The Kier molecular flexibility index (Phi) is 4.04. The second-order valence-electron chi connectivity index (χ2n) is 3.75. The molecule has 0 radical (unpaired) electrons. The van der Waals surface area contributed by atoms with E-state index in [1.165, 1.54) is 0 Å². The number of aryl methyl sites for hydroxylation is 2. The van der Waals surface area contributed by atoms with Crippen molar-refractivity contribution in [1.82, 2.24) is 10.2 Å². The van der Waals surface area contributed by atoms with Gasteiger partial charge in [-0.1, -0.05) is 5.10 Å². The number of nitrogens with one attached hydrogen (secondary N) is 1. The van der Waals surface area contributed by atoms with Crippen molar-refractivity contribution in [2.45, 2.75) is 13.3 Å². The molecular weight excluding hydrogens is 254 g/mol. The summed E-state index contributed by atoms with van der Waals surface area (Å²) in [5, 5.41) is 10.8. The van der Waals surface area contributed by atoms with Crippen LogP contribution in [0.25, 0.3) is 0 Å². The number of anilines is 2. The monoisotopic (exact) mass is 267 g/mol. The number of alkyl halides is 1. The second kappa shape index (κ2) is 5.73. The van der Waals surface area contributed by atoms with Gasteiger partial charge in [-0.15, -0.1) is 16.7 Å².